The highest BCUT2D eigenvalue weighted by Crippen LogP contribution is 2.27. The number of ketones is 1. The molecule has 0 aliphatic heterocycles. The molecule has 64 valence electrons. The second-order valence-corrected chi connectivity index (χ2v) is 3.50. The van der Waals surface area contributed by atoms with Gasteiger partial charge in [0.25, 0.3) is 0 Å². The first-order chi connectivity index (χ1) is 5.15. The first kappa shape index (κ1) is 8.72. The molecule has 2 heteroatoms. The minimum atomic E-state index is -0.976. The van der Waals surface area contributed by atoms with Crippen LogP contribution in [0, 0.1) is 0 Å². The Labute approximate surface area is 67.6 Å². The highest BCUT2D eigenvalue weighted by Gasteiger charge is 2.32. The molecule has 0 aromatic carbocycles. The van der Waals surface area contributed by atoms with E-state index in [9.17, 15) is 9.90 Å². The minimum absolute atomic E-state index is 0.0561. The molecule has 1 aliphatic rings. The van der Waals surface area contributed by atoms with Crippen LogP contribution in [0.3, 0.4) is 0 Å². The van der Waals surface area contributed by atoms with Crippen LogP contribution in [0.2, 0.25) is 0 Å². The van der Waals surface area contributed by atoms with E-state index in [0.717, 1.165) is 25.7 Å². The highest BCUT2D eigenvalue weighted by atomic mass is 16.3. The van der Waals surface area contributed by atoms with Gasteiger partial charge in [0.1, 0.15) is 5.60 Å². The van der Waals surface area contributed by atoms with Crippen LogP contribution in [0.1, 0.15) is 45.4 Å². The third-order valence-corrected chi connectivity index (χ3v) is 2.59. The Hall–Kier alpha value is -0.370. The van der Waals surface area contributed by atoms with Gasteiger partial charge in [-0.05, 0) is 19.8 Å². The summed E-state index contributed by atoms with van der Waals surface area (Å²) in [6.45, 7) is 1.49. The Morgan fingerprint density at radius 3 is 2.00 bits per heavy atom. The van der Waals surface area contributed by atoms with Crippen molar-refractivity contribution in [3.63, 3.8) is 0 Å². The predicted molar refractivity (Wildman–Crippen MR) is 43.3 cm³/mol. The van der Waals surface area contributed by atoms with Gasteiger partial charge in [-0.3, -0.25) is 4.79 Å². The fourth-order valence-corrected chi connectivity index (χ4v) is 1.67. The predicted octanol–water partition coefficient (Wildman–Crippen LogP) is 1.66. The van der Waals surface area contributed by atoms with E-state index in [1.54, 1.807) is 0 Å². The van der Waals surface area contributed by atoms with Crippen molar-refractivity contribution in [1.82, 2.24) is 0 Å². The Kier molecular flexibility index (Phi) is 2.66. The molecule has 0 atom stereocenters. The molecule has 1 N–H and O–H groups in total. The SMILES string of the molecule is CC(=O)C1(O)CCCCCC1. The molecule has 0 spiro atoms. The van der Waals surface area contributed by atoms with Gasteiger partial charge in [-0.25, -0.2) is 0 Å². The summed E-state index contributed by atoms with van der Waals surface area (Å²) in [5.41, 5.74) is -0.976. The molecule has 0 amide bonds. The average molecular weight is 156 g/mol. The molecule has 0 aromatic heterocycles. The van der Waals surface area contributed by atoms with E-state index in [1.165, 1.54) is 6.92 Å². The van der Waals surface area contributed by atoms with E-state index in [1.807, 2.05) is 0 Å². The lowest BCUT2D eigenvalue weighted by Crippen LogP contribution is -2.35. The summed E-state index contributed by atoms with van der Waals surface area (Å²) < 4.78 is 0. The fraction of sp³-hybridized carbons (Fsp3) is 0.889. The van der Waals surface area contributed by atoms with Gasteiger partial charge in [0.15, 0.2) is 5.78 Å². The Morgan fingerprint density at radius 2 is 1.64 bits per heavy atom. The van der Waals surface area contributed by atoms with Crippen molar-refractivity contribution in [2.75, 3.05) is 0 Å². The first-order valence-corrected chi connectivity index (χ1v) is 4.38. The molecule has 2 nitrogen and oxygen atoms in total. The number of hydrogen-bond acceptors (Lipinski definition) is 2. The van der Waals surface area contributed by atoms with E-state index < -0.39 is 5.60 Å². The normalized spacial score (nSPS) is 24.2. The number of carbonyl (C=O) groups is 1. The second kappa shape index (κ2) is 3.35. The van der Waals surface area contributed by atoms with Crippen molar-refractivity contribution in [2.24, 2.45) is 0 Å². The number of rotatable bonds is 1. The topological polar surface area (TPSA) is 37.3 Å². The van der Waals surface area contributed by atoms with Crippen molar-refractivity contribution < 1.29 is 9.90 Å². The zero-order chi connectivity index (χ0) is 8.32. The zero-order valence-electron chi connectivity index (χ0n) is 7.10. The maximum Gasteiger partial charge on any atom is 0.161 e. The van der Waals surface area contributed by atoms with Crippen LogP contribution in [0.15, 0.2) is 0 Å². The number of hydrogen-bond donors (Lipinski definition) is 1. The molecule has 1 aliphatic carbocycles. The fourth-order valence-electron chi connectivity index (χ4n) is 1.67. The molecule has 0 radical (unpaired) electrons. The largest absolute Gasteiger partial charge is 0.382 e. The van der Waals surface area contributed by atoms with E-state index in [4.69, 9.17) is 0 Å². The van der Waals surface area contributed by atoms with Gasteiger partial charge in [-0.2, -0.15) is 0 Å². The van der Waals surface area contributed by atoms with Crippen LogP contribution in [-0.2, 0) is 4.79 Å². The lowest BCUT2D eigenvalue weighted by molar-refractivity contribution is -0.136. The molecule has 0 unspecified atom stereocenters. The summed E-state index contributed by atoms with van der Waals surface area (Å²) >= 11 is 0. The summed E-state index contributed by atoms with van der Waals surface area (Å²) in [6, 6.07) is 0. The summed E-state index contributed by atoms with van der Waals surface area (Å²) in [4.78, 5) is 11.0. The van der Waals surface area contributed by atoms with Crippen LogP contribution >= 0.6 is 0 Å². The lowest BCUT2D eigenvalue weighted by atomic mass is 9.91. The van der Waals surface area contributed by atoms with Crippen LogP contribution in [0.5, 0.6) is 0 Å². The Balaban J connectivity index is 2.59. The second-order valence-electron chi connectivity index (χ2n) is 3.50. The van der Waals surface area contributed by atoms with Crippen LogP contribution in [-0.4, -0.2) is 16.5 Å². The molecule has 0 saturated heterocycles. The smallest absolute Gasteiger partial charge is 0.161 e. The van der Waals surface area contributed by atoms with Gasteiger partial charge < -0.3 is 5.11 Å². The van der Waals surface area contributed by atoms with Crippen LogP contribution in [0.25, 0.3) is 0 Å². The standard InChI is InChI=1S/C9H16O2/c1-8(10)9(11)6-4-2-3-5-7-9/h11H,2-7H2,1H3. The molecule has 0 aromatic rings. The third kappa shape index (κ3) is 2.03. The number of Topliss-reactive ketones (excluding diaryl/α,β-unsaturated/α-hetero) is 1. The molecule has 0 heterocycles. The van der Waals surface area contributed by atoms with Crippen molar-refractivity contribution in [1.29, 1.82) is 0 Å². The number of aliphatic hydroxyl groups is 1. The lowest BCUT2D eigenvalue weighted by Gasteiger charge is -2.22. The number of carbonyl (C=O) groups excluding carboxylic acids is 1. The van der Waals surface area contributed by atoms with Gasteiger partial charge in [-0.1, -0.05) is 25.7 Å². The van der Waals surface area contributed by atoms with E-state index >= 15 is 0 Å². The van der Waals surface area contributed by atoms with Crippen molar-refractivity contribution in [3.8, 4) is 0 Å². The highest BCUT2D eigenvalue weighted by molar-refractivity contribution is 5.84. The van der Waals surface area contributed by atoms with Gasteiger partial charge in [-0.15, -0.1) is 0 Å². The van der Waals surface area contributed by atoms with Gasteiger partial charge >= 0.3 is 0 Å². The monoisotopic (exact) mass is 156 g/mol. The van der Waals surface area contributed by atoms with Crippen molar-refractivity contribution in [2.45, 2.75) is 51.0 Å². The summed E-state index contributed by atoms with van der Waals surface area (Å²) in [5.74, 6) is -0.0561. The molecule has 1 fully saturated rings. The van der Waals surface area contributed by atoms with E-state index in [-0.39, 0.29) is 5.78 Å². The first-order valence-electron chi connectivity index (χ1n) is 4.38. The van der Waals surface area contributed by atoms with Crippen molar-refractivity contribution in [3.05, 3.63) is 0 Å². The summed E-state index contributed by atoms with van der Waals surface area (Å²) in [7, 11) is 0. The minimum Gasteiger partial charge on any atom is -0.382 e. The molecular formula is C9H16O2. The summed E-state index contributed by atoms with van der Waals surface area (Å²) in [6.07, 6.45) is 5.65. The molecular weight excluding hydrogens is 140 g/mol. The molecule has 1 rings (SSSR count). The molecule has 1 saturated carbocycles. The quantitative estimate of drug-likeness (QED) is 0.586. The van der Waals surface area contributed by atoms with Gasteiger partial charge in [0.2, 0.25) is 0 Å². The van der Waals surface area contributed by atoms with Crippen LogP contribution < -0.4 is 0 Å². The summed E-state index contributed by atoms with van der Waals surface area (Å²) in [5, 5.41) is 9.78. The molecule has 11 heavy (non-hydrogen) atoms. The van der Waals surface area contributed by atoms with Gasteiger partial charge in [0.05, 0.1) is 0 Å². The third-order valence-electron chi connectivity index (χ3n) is 2.59. The maximum atomic E-state index is 11.0. The Bertz CT molecular complexity index is 144. The molecule has 0 bridgehead atoms. The van der Waals surface area contributed by atoms with E-state index in [2.05, 4.69) is 0 Å². The van der Waals surface area contributed by atoms with Gasteiger partial charge in [0, 0.05) is 0 Å². The van der Waals surface area contributed by atoms with Crippen molar-refractivity contribution >= 4 is 5.78 Å². The maximum absolute atomic E-state index is 11.0. The zero-order valence-corrected chi connectivity index (χ0v) is 7.10. The van der Waals surface area contributed by atoms with Crippen LogP contribution in [0.4, 0.5) is 0 Å². The average Bonchev–Trinajstić information content (AvgIpc) is 2.15. The Morgan fingerprint density at radius 1 is 1.18 bits per heavy atom. The van der Waals surface area contributed by atoms with E-state index in [0.29, 0.717) is 12.8 Å².